The lowest BCUT2D eigenvalue weighted by Gasteiger charge is -2.23. The van der Waals surface area contributed by atoms with Gasteiger partial charge in [0.15, 0.2) is 10.6 Å². The summed E-state index contributed by atoms with van der Waals surface area (Å²) in [6, 6.07) is 11.5. The number of halogens is 1. The number of ether oxygens (including phenoxy) is 1. The van der Waals surface area contributed by atoms with Gasteiger partial charge in [-0.25, -0.2) is 4.98 Å². The molecule has 0 fully saturated rings. The number of aromatic nitrogens is 1. The zero-order chi connectivity index (χ0) is 22.6. The molecule has 2 aromatic heterocycles. The van der Waals surface area contributed by atoms with E-state index in [1.54, 1.807) is 23.1 Å². The van der Waals surface area contributed by atoms with Crippen molar-refractivity contribution in [1.82, 2.24) is 4.98 Å². The van der Waals surface area contributed by atoms with Gasteiger partial charge < -0.3 is 9.15 Å². The fourth-order valence-corrected chi connectivity index (χ4v) is 5.07. The Morgan fingerprint density at radius 1 is 1.19 bits per heavy atom. The molecule has 8 heteroatoms. The topological polar surface area (TPSA) is 72.6 Å². The normalized spacial score (nSPS) is 15.4. The second-order valence-corrected chi connectivity index (χ2v) is 9.15. The molecule has 6 nitrogen and oxygen atoms in total. The first-order valence-electron chi connectivity index (χ1n) is 10.2. The number of fused-ring (bicyclic) bond motifs is 2. The molecule has 32 heavy (non-hydrogen) atoms. The minimum Gasteiger partial charge on any atom is -0.494 e. The van der Waals surface area contributed by atoms with Crippen molar-refractivity contribution in [2.45, 2.75) is 26.8 Å². The third-order valence-electron chi connectivity index (χ3n) is 5.54. The van der Waals surface area contributed by atoms with Gasteiger partial charge in [-0.2, -0.15) is 0 Å². The van der Waals surface area contributed by atoms with Gasteiger partial charge in [-0.3, -0.25) is 14.5 Å². The van der Waals surface area contributed by atoms with Crippen LogP contribution in [0, 0.1) is 13.8 Å². The van der Waals surface area contributed by atoms with Crippen LogP contribution in [0.15, 0.2) is 51.7 Å². The van der Waals surface area contributed by atoms with Gasteiger partial charge in [0.05, 0.1) is 29.3 Å². The van der Waals surface area contributed by atoms with Crippen LogP contribution in [0.4, 0.5) is 5.13 Å². The van der Waals surface area contributed by atoms with E-state index >= 15 is 0 Å². The SMILES string of the molecule is CCOc1cccc([C@@H]2c3c(oc4ccc(Cl)cc4c3=O)C(=O)N2c2nc(C)c(C)s2)c1. The average Bonchev–Trinajstić information content (AvgIpc) is 3.25. The maximum atomic E-state index is 13.6. The van der Waals surface area contributed by atoms with Gasteiger partial charge in [-0.1, -0.05) is 23.7 Å². The average molecular weight is 467 g/mol. The summed E-state index contributed by atoms with van der Waals surface area (Å²) in [4.78, 5) is 34.3. The maximum Gasteiger partial charge on any atom is 0.297 e. The maximum absolute atomic E-state index is 13.6. The Hall–Kier alpha value is -3.16. The molecule has 0 bridgehead atoms. The van der Waals surface area contributed by atoms with Crippen molar-refractivity contribution in [3.05, 3.63) is 85.2 Å². The van der Waals surface area contributed by atoms with Crippen LogP contribution in [-0.4, -0.2) is 17.5 Å². The van der Waals surface area contributed by atoms with Crippen LogP contribution >= 0.6 is 22.9 Å². The van der Waals surface area contributed by atoms with Gasteiger partial charge in [-0.05, 0) is 56.7 Å². The lowest BCUT2D eigenvalue weighted by molar-refractivity contribution is 0.0971. The summed E-state index contributed by atoms with van der Waals surface area (Å²) in [6.07, 6.45) is 0. The standard InChI is InChI=1S/C24H19ClN2O4S/c1-4-30-16-7-5-6-14(10-16)20-19-21(28)17-11-15(25)8-9-18(17)31-22(19)23(29)27(20)24-26-12(2)13(3)32-24/h5-11,20H,4H2,1-3H3/t20-/m1/s1. The highest BCUT2D eigenvalue weighted by atomic mass is 35.5. The molecule has 0 saturated carbocycles. The molecule has 0 aliphatic carbocycles. The first-order valence-corrected chi connectivity index (χ1v) is 11.3. The van der Waals surface area contributed by atoms with Gasteiger partial charge >= 0.3 is 0 Å². The van der Waals surface area contributed by atoms with Gasteiger partial charge in [-0.15, -0.1) is 11.3 Å². The Morgan fingerprint density at radius 3 is 2.72 bits per heavy atom. The number of carbonyl (C=O) groups is 1. The molecule has 0 spiro atoms. The summed E-state index contributed by atoms with van der Waals surface area (Å²) in [5.41, 5.74) is 1.90. The quantitative estimate of drug-likeness (QED) is 0.387. The second kappa shape index (κ2) is 7.76. The highest BCUT2D eigenvalue weighted by molar-refractivity contribution is 7.15. The van der Waals surface area contributed by atoms with E-state index < -0.39 is 11.9 Å². The van der Waals surface area contributed by atoms with E-state index in [-0.39, 0.29) is 16.8 Å². The van der Waals surface area contributed by atoms with Crippen molar-refractivity contribution in [1.29, 1.82) is 0 Å². The molecule has 4 aromatic rings. The lowest BCUT2D eigenvalue weighted by atomic mass is 9.98. The minimum absolute atomic E-state index is 0.0298. The monoisotopic (exact) mass is 466 g/mol. The van der Waals surface area contributed by atoms with Crippen LogP contribution in [0.5, 0.6) is 5.75 Å². The Balaban J connectivity index is 1.80. The predicted molar refractivity (Wildman–Crippen MR) is 125 cm³/mol. The number of rotatable bonds is 4. The first-order chi connectivity index (χ1) is 15.4. The Kier molecular flexibility index (Phi) is 5.03. The van der Waals surface area contributed by atoms with Crippen LogP contribution in [0.3, 0.4) is 0 Å². The van der Waals surface area contributed by atoms with Crippen molar-refractivity contribution >= 4 is 44.9 Å². The van der Waals surface area contributed by atoms with E-state index in [0.717, 1.165) is 16.1 Å². The van der Waals surface area contributed by atoms with Crippen LogP contribution in [-0.2, 0) is 0 Å². The summed E-state index contributed by atoms with van der Waals surface area (Å²) in [5.74, 6) is 0.294. The molecular weight excluding hydrogens is 448 g/mol. The van der Waals surface area contributed by atoms with Crippen molar-refractivity contribution < 1.29 is 13.9 Å². The number of benzene rings is 2. The van der Waals surface area contributed by atoms with Crippen LogP contribution < -0.4 is 15.1 Å². The zero-order valence-corrected chi connectivity index (χ0v) is 19.2. The fraction of sp³-hybridized carbons (Fsp3) is 0.208. The lowest BCUT2D eigenvalue weighted by Crippen LogP contribution is -2.29. The third-order valence-corrected chi connectivity index (χ3v) is 6.85. The highest BCUT2D eigenvalue weighted by Gasteiger charge is 2.45. The summed E-state index contributed by atoms with van der Waals surface area (Å²) in [5, 5.41) is 1.28. The number of nitrogens with zero attached hydrogens (tertiary/aromatic N) is 2. The summed E-state index contributed by atoms with van der Waals surface area (Å²) in [6.45, 7) is 6.25. The van der Waals surface area contributed by atoms with Crippen molar-refractivity contribution in [3.8, 4) is 5.75 Å². The number of amides is 1. The Labute approximate surface area is 193 Å². The first kappa shape index (κ1) is 20.7. The number of thiazole rings is 1. The molecule has 0 saturated heterocycles. The van der Waals surface area contributed by atoms with Gasteiger partial charge in [0.25, 0.3) is 5.91 Å². The van der Waals surface area contributed by atoms with E-state index in [9.17, 15) is 9.59 Å². The highest BCUT2D eigenvalue weighted by Crippen LogP contribution is 2.43. The molecule has 5 rings (SSSR count). The summed E-state index contributed by atoms with van der Waals surface area (Å²) < 4.78 is 11.6. The molecule has 0 N–H and O–H groups in total. The van der Waals surface area contributed by atoms with Crippen LogP contribution in [0.2, 0.25) is 5.02 Å². The van der Waals surface area contributed by atoms with E-state index in [2.05, 4.69) is 4.98 Å². The van der Waals surface area contributed by atoms with Crippen molar-refractivity contribution in [2.75, 3.05) is 11.5 Å². The fourth-order valence-electron chi connectivity index (χ4n) is 3.96. The second-order valence-electron chi connectivity index (χ2n) is 7.54. The summed E-state index contributed by atoms with van der Waals surface area (Å²) >= 11 is 7.55. The molecule has 2 aromatic carbocycles. The van der Waals surface area contributed by atoms with E-state index in [4.69, 9.17) is 20.8 Å². The van der Waals surface area contributed by atoms with Gasteiger partial charge in [0.2, 0.25) is 5.76 Å². The molecule has 162 valence electrons. The number of carbonyl (C=O) groups excluding carboxylic acids is 1. The van der Waals surface area contributed by atoms with Crippen LogP contribution in [0.1, 0.15) is 45.2 Å². The molecule has 1 amide bonds. The molecule has 1 aliphatic rings. The summed E-state index contributed by atoms with van der Waals surface area (Å²) in [7, 11) is 0. The van der Waals surface area contributed by atoms with Crippen molar-refractivity contribution in [3.63, 3.8) is 0 Å². The Morgan fingerprint density at radius 2 is 2.00 bits per heavy atom. The number of aryl methyl sites for hydroxylation is 2. The predicted octanol–water partition coefficient (Wildman–Crippen LogP) is 5.67. The van der Waals surface area contributed by atoms with E-state index in [1.165, 1.54) is 11.3 Å². The number of anilines is 1. The number of hydrogen-bond donors (Lipinski definition) is 0. The van der Waals surface area contributed by atoms with Gasteiger partial charge in [0, 0.05) is 9.90 Å². The molecule has 0 radical (unpaired) electrons. The van der Waals surface area contributed by atoms with Crippen molar-refractivity contribution in [2.24, 2.45) is 0 Å². The molecule has 3 heterocycles. The third kappa shape index (κ3) is 3.20. The van der Waals surface area contributed by atoms with E-state index in [0.29, 0.717) is 33.5 Å². The zero-order valence-electron chi connectivity index (χ0n) is 17.6. The molecule has 1 atom stereocenters. The minimum atomic E-state index is -0.692. The van der Waals surface area contributed by atoms with Gasteiger partial charge in [0.1, 0.15) is 11.3 Å². The molecule has 1 aliphatic heterocycles. The smallest absolute Gasteiger partial charge is 0.297 e. The Bertz CT molecular complexity index is 1420. The molecular formula is C24H19ClN2O4S. The molecule has 0 unspecified atom stereocenters. The van der Waals surface area contributed by atoms with E-state index in [1.807, 2.05) is 45.0 Å². The number of hydrogen-bond acceptors (Lipinski definition) is 6. The largest absolute Gasteiger partial charge is 0.494 e. The van der Waals surface area contributed by atoms with Crippen LogP contribution in [0.25, 0.3) is 11.0 Å².